The summed E-state index contributed by atoms with van der Waals surface area (Å²) in [7, 11) is -1.68. The highest BCUT2D eigenvalue weighted by Gasteiger charge is 2.30. The third-order valence-corrected chi connectivity index (χ3v) is 4.26. The lowest BCUT2D eigenvalue weighted by molar-refractivity contribution is -0.136. The molecule has 16 heavy (non-hydrogen) atoms. The Morgan fingerprint density at radius 3 is 1.94 bits per heavy atom. The Kier molecular flexibility index (Phi) is 6.25. The van der Waals surface area contributed by atoms with Gasteiger partial charge in [0, 0.05) is 23.9 Å². The molecule has 0 aliphatic carbocycles. The van der Waals surface area contributed by atoms with Gasteiger partial charge in [-0.05, 0) is 27.7 Å². The van der Waals surface area contributed by atoms with E-state index in [0.29, 0.717) is 13.1 Å². The van der Waals surface area contributed by atoms with Crippen molar-refractivity contribution in [1.82, 2.24) is 4.90 Å². The SMILES string of the molecule is CCN(CC)C(=O)C(C)S(=O)C(C)C(=O)O. The van der Waals surface area contributed by atoms with Crippen molar-refractivity contribution < 1.29 is 18.9 Å². The minimum Gasteiger partial charge on any atom is -0.480 e. The zero-order chi connectivity index (χ0) is 12.9. The van der Waals surface area contributed by atoms with E-state index in [1.807, 2.05) is 13.8 Å². The van der Waals surface area contributed by atoms with Crippen molar-refractivity contribution in [2.24, 2.45) is 0 Å². The van der Waals surface area contributed by atoms with E-state index in [-0.39, 0.29) is 5.91 Å². The molecule has 5 nitrogen and oxygen atoms in total. The molecule has 1 amide bonds. The Hall–Kier alpha value is -0.910. The van der Waals surface area contributed by atoms with Crippen molar-refractivity contribution in [3.05, 3.63) is 0 Å². The highest BCUT2D eigenvalue weighted by Crippen LogP contribution is 2.08. The van der Waals surface area contributed by atoms with Crippen molar-refractivity contribution >= 4 is 22.7 Å². The number of aliphatic carboxylic acids is 1. The van der Waals surface area contributed by atoms with Crippen LogP contribution in [-0.2, 0) is 20.4 Å². The number of carboxylic acid groups (broad SMARTS) is 1. The van der Waals surface area contributed by atoms with E-state index in [9.17, 15) is 13.8 Å². The minimum absolute atomic E-state index is 0.253. The lowest BCUT2D eigenvalue weighted by Gasteiger charge is -2.23. The fourth-order valence-corrected chi connectivity index (χ4v) is 2.46. The van der Waals surface area contributed by atoms with Gasteiger partial charge in [-0.25, -0.2) is 0 Å². The lowest BCUT2D eigenvalue weighted by atomic mass is 10.4. The van der Waals surface area contributed by atoms with Crippen LogP contribution in [0.5, 0.6) is 0 Å². The summed E-state index contributed by atoms with van der Waals surface area (Å²) in [6, 6.07) is 0. The van der Waals surface area contributed by atoms with Gasteiger partial charge < -0.3 is 10.0 Å². The van der Waals surface area contributed by atoms with Crippen LogP contribution >= 0.6 is 0 Å². The van der Waals surface area contributed by atoms with Crippen molar-refractivity contribution in [2.45, 2.75) is 38.2 Å². The fourth-order valence-electron chi connectivity index (χ4n) is 1.30. The molecule has 0 rings (SSSR count). The molecule has 0 saturated carbocycles. The molecule has 6 heteroatoms. The molecule has 0 aliphatic heterocycles. The Morgan fingerprint density at radius 1 is 1.19 bits per heavy atom. The van der Waals surface area contributed by atoms with Gasteiger partial charge in [0.05, 0.1) is 0 Å². The highest BCUT2D eigenvalue weighted by atomic mass is 32.2. The summed E-state index contributed by atoms with van der Waals surface area (Å²) in [5, 5.41) is 6.93. The van der Waals surface area contributed by atoms with Crippen LogP contribution in [-0.4, -0.2) is 49.7 Å². The van der Waals surface area contributed by atoms with Gasteiger partial charge in [-0.1, -0.05) is 0 Å². The maximum absolute atomic E-state index is 11.8. The van der Waals surface area contributed by atoms with Gasteiger partial charge in [-0.2, -0.15) is 0 Å². The van der Waals surface area contributed by atoms with Gasteiger partial charge in [0.25, 0.3) is 0 Å². The Balaban J connectivity index is 4.67. The number of carbonyl (C=O) groups excluding carboxylic acids is 1. The normalized spacial score (nSPS) is 16.2. The summed E-state index contributed by atoms with van der Waals surface area (Å²) >= 11 is 0. The third kappa shape index (κ3) is 3.59. The molecule has 0 bridgehead atoms. The van der Waals surface area contributed by atoms with Crippen LogP contribution in [0.15, 0.2) is 0 Å². The van der Waals surface area contributed by atoms with Crippen LogP contribution in [0.1, 0.15) is 27.7 Å². The Morgan fingerprint density at radius 2 is 1.62 bits per heavy atom. The van der Waals surface area contributed by atoms with Gasteiger partial charge in [0.2, 0.25) is 5.91 Å². The van der Waals surface area contributed by atoms with Crippen LogP contribution in [0.25, 0.3) is 0 Å². The van der Waals surface area contributed by atoms with E-state index >= 15 is 0 Å². The van der Waals surface area contributed by atoms with Gasteiger partial charge in [0.15, 0.2) is 0 Å². The first-order chi connectivity index (χ1) is 7.36. The van der Waals surface area contributed by atoms with Crippen LogP contribution in [0.4, 0.5) is 0 Å². The molecule has 0 fully saturated rings. The second-order valence-electron chi connectivity index (χ2n) is 3.46. The van der Waals surface area contributed by atoms with Crippen LogP contribution in [0, 0.1) is 0 Å². The summed E-state index contributed by atoms with van der Waals surface area (Å²) in [4.78, 5) is 24.0. The van der Waals surface area contributed by atoms with Gasteiger partial charge in [-0.15, -0.1) is 0 Å². The summed E-state index contributed by atoms with van der Waals surface area (Å²) in [6.45, 7) is 7.60. The fraction of sp³-hybridized carbons (Fsp3) is 0.800. The molecule has 3 atom stereocenters. The summed E-state index contributed by atoms with van der Waals surface area (Å²) < 4.78 is 11.7. The molecular weight excluding hydrogens is 230 g/mol. The van der Waals surface area contributed by atoms with Gasteiger partial charge in [0.1, 0.15) is 10.5 Å². The average Bonchev–Trinajstić information content (AvgIpc) is 2.27. The second-order valence-corrected chi connectivity index (χ2v) is 5.53. The van der Waals surface area contributed by atoms with Gasteiger partial charge >= 0.3 is 5.97 Å². The quantitative estimate of drug-likeness (QED) is 0.742. The van der Waals surface area contributed by atoms with E-state index in [1.165, 1.54) is 13.8 Å². The first-order valence-corrected chi connectivity index (χ1v) is 6.55. The van der Waals surface area contributed by atoms with Gasteiger partial charge in [-0.3, -0.25) is 13.8 Å². The molecular formula is C10H19NO4S. The number of carboxylic acids is 1. The second kappa shape index (κ2) is 6.62. The molecule has 0 aromatic rings. The number of hydrogen-bond acceptors (Lipinski definition) is 3. The van der Waals surface area contributed by atoms with Crippen molar-refractivity contribution in [3.8, 4) is 0 Å². The average molecular weight is 249 g/mol. The number of nitrogens with zero attached hydrogens (tertiary/aromatic N) is 1. The van der Waals surface area contributed by atoms with E-state index in [4.69, 9.17) is 5.11 Å². The lowest BCUT2D eigenvalue weighted by Crippen LogP contribution is -2.42. The van der Waals surface area contributed by atoms with E-state index in [1.54, 1.807) is 4.90 Å². The van der Waals surface area contributed by atoms with E-state index in [0.717, 1.165) is 0 Å². The smallest absolute Gasteiger partial charge is 0.319 e. The topological polar surface area (TPSA) is 74.7 Å². The van der Waals surface area contributed by atoms with Crippen molar-refractivity contribution in [2.75, 3.05) is 13.1 Å². The molecule has 1 N–H and O–H groups in total. The predicted octanol–water partition coefficient (Wildman–Crippen LogP) is 0.465. The molecule has 0 radical (unpaired) electrons. The zero-order valence-electron chi connectivity index (χ0n) is 10.1. The van der Waals surface area contributed by atoms with Crippen LogP contribution in [0.2, 0.25) is 0 Å². The maximum Gasteiger partial charge on any atom is 0.319 e. The molecule has 0 heterocycles. The zero-order valence-corrected chi connectivity index (χ0v) is 10.9. The standard InChI is InChI=1S/C10H19NO4S/c1-5-11(6-2)9(12)7(3)16(15)8(4)10(13)14/h7-8H,5-6H2,1-4H3,(H,13,14). The summed E-state index contributed by atoms with van der Waals surface area (Å²) in [5.74, 6) is -1.39. The molecule has 0 saturated heterocycles. The molecule has 0 aromatic heterocycles. The number of amides is 1. The summed E-state index contributed by atoms with van der Waals surface area (Å²) in [5.41, 5.74) is 0. The van der Waals surface area contributed by atoms with Crippen LogP contribution < -0.4 is 0 Å². The molecule has 3 unspecified atom stereocenters. The van der Waals surface area contributed by atoms with Crippen molar-refractivity contribution in [1.29, 1.82) is 0 Å². The molecule has 0 spiro atoms. The first kappa shape index (κ1) is 15.1. The monoisotopic (exact) mass is 249 g/mol. The number of carbonyl (C=O) groups is 2. The minimum atomic E-state index is -1.68. The molecule has 0 aliphatic rings. The number of rotatable bonds is 6. The molecule has 0 aromatic carbocycles. The third-order valence-electron chi connectivity index (χ3n) is 2.47. The molecule has 94 valence electrons. The maximum atomic E-state index is 11.8. The largest absolute Gasteiger partial charge is 0.480 e. The van der Waals surface area contributed by atoms with Crippen LogP contribution in [0.3, 0.4) is 0 Å². The Labute approximate surface area is 98.3 Å². The first-order valence-electron chi connectivity index (χ1n) is 5.27. The predicted molar refractivity (Wildman–Crippen MR) is 62.6 cm³/mol. The highest BCUT2D eigenvalue weighted by molar-refractivity contribution is 7.87. The summed E-state index contributed by atoms with van der Waals surface area (Å²) in [6.07, 6.45) is 0. The van der Waals surface area contributed by atoms with Crippen molar-refractivity contribution in [3.63, 3.8) is 0 Å². The van der Waals surface area contributed by atoms with E-state index in [2.05, 4.69) is 0 Å². The number of hydrogen-bond donors (Lipinski definition) is 1. The Bertz CT molecular complexity index is 289. The van der Waals surface area contributed by atoms with E-state index < -0.39 is 27.3 Å².